The fourth-order valence-corrected chi connectivity index (χ4v) is 3.09. The summed E-state index contributed by atoms with van der Waals surface area (Å²) in [6, 6.07) is 0.473. The van der Waals surface area contributed by atoms with Gasteiger partial charge in [0.05, 0.1) is 5.69 Å². The molecule has 18 heavy (non-hydrogen) atoms. The van der Waals surface area contributed by atoms with Crippen molar-refractivity contribution >= 4 is 22.1 Å². The van der Waals surface area contributed by atoms with Crippen molar-refractivity contribution in [3.05, 3.63) is 17.3 Å². The largest absolute Gasteiger partial charge is 0.352 e. The quantitative estimate of drug-likeness (QED) is 0.902. The van der Waals surface area contributed by atoms with E-state index < -0.39 is 0 Å². The van der Waals surface area contributed by atoms with Crippen LogP contribution in [-0.2, 0) is 6.54 Å². The highest BCUT2D eigenvalue weighted by atomic mass is 32.1. The van der Waals surface area contributed by atoms with Crippen LogP contribution in [0.1, 0.15) is 32.4 Å². The summed E-state index contributed by atoms with van der Waals surface area (Å²) in [6.45, 7) is 6.13. The second-order valence-corrected chi connectivity index (χ2v) is 6.20. The molecule has 2 aromatic heterocycles. The Balaban J connectivity index is 2.00. The molecule has 1 saturated carbocycles. The molecule has 0 atom stereocenters. The van der Waals surface area contributed by atoms with E-state index in [1.54, 1.807) is 11.3 Å². The Kier molecular flexibility index (Phi) is 3.03. The van der Waals surface area contributed by atoms with Gasteiger partial charge in [-0.15, -0.1) is 11.3 Å². The average molecular weight is 264 g/mol. The molecular formula is C13H20N4S. The van der Waals surface area contributed by atoms with E-state index >= 15 is 0 Å². The summed E-state index contributed by atoms with van der Waals surface area (Å²) in [4.78, 5) is 8.24. The van der Waals surface area contributed by atoms with Crippen molar-refractivity contribution in [2.75, 3.05) is 11.4 Å². The van der Waals surface area contributed by atoms with Gasteiger partial charge in [0.15, 0.2) is 10.8 Å². The maximum Gasteiger partial charge on any atom is 0.195 e. The minimum atomic E-state index is 0.473. The molecule has 0 amide bonds. The van der Waals surface area contributed by atoms with E-state index in [2.05, 4.69) is 34.7 Å². The third kappa shape index (κ3) is 2.01. The van der Waals surface area contributed by atoms with E-state index in [0.29, 0.717) is 12.6 Å². The molecule has 1 aliphatic carbocycles. The first-order valence-corrected chi connectivity index (χ1v) is 7.49. The number of hydrogen-bond donors (Lipinski definition) is 1. The number of anilines is 1. The van der Waals surface area contributed by atoms with Gasteiger partial charge in [-0.05, 0) is 32.6 Å². The van der Waals surface area contributed by atoms with Gasteiger partial charge in [-0.3, -0.25) is 4.40 Å². The van der Waals surface area contributed by atoms with Crippen molar-refractivity contribution in [1.29, 1.82) is 0 Å². The lowest BCUT2D eigenvalue weighted by molar-refractivity contribution is 0.634. The number of nitrogens with zero attached hydrogens (tertiary/aromatic N) is 3. The van der Waals surface area contributed by atoms with Crippen molar-refractivity contribution < 1.29 is 0 Å². The molecule has 5 heteroatoms. The Labute approximate surface area is 111 Å². The number of thiazole rings is 1. The van der Waals surface area contributed by atoms with E-state index in [-0.39, 0.29) is 0 Å². The molecule has 0 aliphatic heterocycles. The third-order valence-corrected chi connectivity index (χ3v) is 4.34. The van der Waals surface area contributed by atoms with Crippen molar-refractivity contribution in [1.82, 2.24) is 9.38 Å². The molecule has 1 fully saturated rings. The molecule has 1 aliphatic rings. The van der Waals surface area contributed by atoms with Gasteiger partial charge in [0.25, 0.3) is 0 Å². The summed E-state index contributed by atoms with van der Waals surface area (Å²) < 4.78 is 2.13. The SMILES string of the molecule is CC(C)N(CC1CC1)c1nc2sccn2c1CN. The number of imidazole rings is 1. The lowest BCUT2D eigenvalue weighted by atomic mass is 10.2. The fourth-order valence-electron chi connectivity index (χ4n) is 2.36. The highest BCUT2D eigenvalue weighted by Crippen LogP contribution is 2.33. The smallest absolute Gasteiger partial charge is 0.195 e. The molecular weight excluding hydrogens is 244 g/mol. The highest BCUT2D eigenvalue weighted by Gasteiger charge is 2.28. The van der Waals surface area contributed by atoms with Crippen LogP contribution in [0.3, 0.4) is 0 Å². The Hall–Kier alpha value is -1.07. The van der Waals surface area contributed by atoms with Crippen LogP contribution < -0.4 is 10.6 Å². The van der Waals surface area contributed by atoms with Crippen LogP contribution in [0.2, 0.25) is 0 Å². The third-order valence-electron chi connectivity index (χ3n) is 3.58. The molecule has 0 spiro atoms. The van der Waals surface area contributed by atoms with E-state index in [0.717, 1.165) is 28.9 Å². The van der Waals surface area contributed by atoms with Gasteiger partial charge >= 0.3 is 0 Å². The van der Waals surface area contributed by atoms with Gasteiger partial charge in [-0.25, -0.2) is 4.98 Å². The summed E-state index contributed by atoms with van der Waals surface area (Å²) in [5.74, 6) is 1.95. The lowest BCUT2D eigenvalue weighted by Crippen LogP contribution is -2.34. The second-order valence-electron chi connectivity index (χ2n) is 5.33. The normalized spacial score (nSPS) is 15.8. The van der Waals surface area contributed by atoms with Crippen LogP contribution in [0.5, 0.6) is 0 Å². The molecule has 4 nitrogen and oxygen atoms in total. The zero-order chi connectivity index (χ0) is 12.7. The van der Waals surface area contributed by atoms with Crippen LogP contribution in [0, 0.1) is 5.92 Å². The predicted molar refractivity (Wildman–Crippen MR) is 76.2 cm³/mol. The van der Waals surface area contributed by atoms with Crippen molar-refractivity contribution in [2.45, 2.75) is 39.3 Å². The minimum Gasteiger partial charge on any atom is -0.352 e. The van der Waals surface area contributed by atoms with Gasteiger partial charge in [0.2, 0.25) is 0 Å². The molecule has 0 aromatic carbocycles. The highest BCUT2D eigenvalue weighted by molar-refractivity contribution is 7.15. The number of hydrogen-bond acceptors (Lipinski definition) is 4. The van der Waals surface area contributed by atoms with E-state index in [4.69, 9.17) is 10.7 Å². The van der Waals surface area contributed by atoms with Crippen LogP contribution in [0.15, 0.2) is 11.6 Å². The molecule has 3 rings (SSSR count). The van der Waals surface area contributed by atoms with Crippen LogP contribution >= 0.6 is 11.3 Å². The summed E-state index contributed by atoms with van der Waals surface area (Å²) in [6.07, 6.45) is 4.79. The number of rotatable bonds is 5. The Morgan fingerprint density at radius 2 is 2.33 bits per heavy atom. The summed E-state index contributed by atoms with van der Waals surface area (Å²) in [5.41, 5.74) is 7.06. The predicted octanol–water partition coefficient (Wildman–Crippen LogP) is 2.48. The van der Waals surface area contributed by atoms with Crippen molar-refractivity contribution in [2.24, 2.45) is 11.7 Å². The maximum atomic E-state index is 5.92. The Morgan fingerprint density at radius 1 is 1.56 bits per heavy atom. The van der Waals surface area contributed by atoms with Crippen LogP contribution in [-0.4, -0.2) is 22.0 Å². The van der Waals surface area contributed by atoms with Crippen LogP contribution in [0.4, 0.5) is 5.82 Å². The molecule has 0 unspecified atom stereocenters. The van der Waals surface area contributed by atoms with Crippen molar-refractivity contribution in [3.8, 4) is 0 Å². The first-order chi connectivity index (χ1) is 8.70. The molecule has 2 aromatic rings. The summed E-state index contributed by atoms with van der Waals surface area (Å²) in [5, 5.41) is 2.06. The van der Waals surface area contributed by atoms with Crippen molar-refractivity contribution in [3.63, 3.8) is 0 Å². The average Bonchev–Trinajstić information content (AvgIpc) is 2.92. The molecule has 0 radical (unpaired) electrons. The van der Waals surface area contributed by atoms with E-state index in [9.17, 15) is 0 Å². The minimum absolute atomic E-state index is 0.473. The fraction of sp³-hybridized carbons (Fsp3) is 0.615. The molecule has 0 saturated heterocycles. The first-order valence-electron chi connectivity index (χ1n) is 6.62. The van der Waals surface area contributed by atoms with E-state index in [1.165, 1.54) is 12.8 Å². The van der Waals surface area contributed by atoms with E-state index in [1.807, 2.05) is 0 Å². The number of fused-ring (bicyclic) bond motifs is 1. The van der Waals surface area contributed by atoms with Gasteiger partial charge < -0.3 is 10.6 Å². The zero-order valence-electron chi connectivity index (χ0n) is 11.0. The molecule has 98 valence electrons. The number of aromatic nitrogens is 2. The van der Waals surface area contributed by atoms with Gasteiger partial charge in [0.1, 0.15) is 0 Å². The Morgan fingerprint density at radius 3 is 2.94 bits per heavy atom. The van der Waals surface area contributed by atoms with Gasteiger partial charge in [-0.2, -0.15) is 0 Å². The summed E-state index contributed by atoms with van der Waals surface area (Å²) >= 11 is 1.67. The Bertz CT molecular complexity index is 538. The number of nitrogens with two attached hydrogens (primary N) is 1. The summed E-state index contributed by atoms with van der Waals surface area (Å²) in [7, 11) is 0. The zero-order valence-corrected chi connectivity index (χ0v) is 11.8. The molecule has 0 bridgehead atoms. The van der Waals surface area contributed by atoms with Crippen LogP contribution in [0.25, 0.3) is 4.96 Å². The molecule has 2 N–H and O–H groups in total. The maximum absolute atomic E-state index is 5.92. The standard InChI is InChI=1S/C13H20N4S/c1-9(2)17(8-10-3-4-10)12-11(7-14)16-5-6-18-13(16)15-12/h5-6,9-10H,3-4,7-8,14H2,1-2H3. The first kappa shape index (κ1) is 12.0. The lowest BCUT2D eigenvalue weighted by Gasteiger charge is -2.27. The monoisotopic (exact) mass is 264 g/mol. The van der Waals surface area contributed by atoms with Gasteiger partial charge in [-0.1, -0.05) is 0 Å². The second kappa shape index (κ2) is 4.55. The van der Waals surface area contributed by atoms with Gasteiger partial charge in [0, 0.05) is 30.7 Å². The molecule has 2 heterocycles. The topological polar surface area (TPSA) is 46.6 Å².